The number of benzene rings is 2. The molecule has 0 bridgehead atoms. The van der Waals surface area contributed by atoms with E-state index in [1.807, 2.05) is 48.9 Å². The molecular formula is C25H22FN5O5S. The first-order valence-corrected chi connectivity index (χ1v) is 12.8. The number of halogens is 1. The van der Waals surface area contributed by atoms with Crippen LogP contribution in [0.4, 0.5) is 21.8 Å². The Balaban J connectivity index is 0.00000102. The smallest absolute Gasteiger partial charge is 0.373 e. The van der Waals surface area contributed by atoms with Gasteiger partial charge in [-0.1, -0.05) is 6.07 Å². The van der Waals surface area contributed by atoms with Crippen LogP contribution in [0.2, 0.25) is 0 Å². The standard InChI is InChI=1S/C24H22FN5O3S.CO2/c1-13(2)30-12-17(14-4-7-20-15(10-14)8-9-33-20)21-22(26)28-24(29-23(21)30)27-19-6-5-16(11-18(19)25)34(3,31)32;2-1-3/h4-13H,1-3H3,(H3,26,27,28,29);. The first-order valence-electron chi connectivity index (χ1n) is 10.9. The van der Waals surface area contributed by atoms with Gasteiger partial charge in [0.2, 0.25) is 5.95 Å². The lowest BCUT2D eigenvalue weighted by atomic mass is 10.0. The van der Waals surface area contributed by atoms with Gasteiger partial charge in [-0.25, -0.2) is 12.8 Å². The van der Waals surface area contributed by atoms with Crippen molar-refractivity contribution in [2.75, 3.05) is 17.3 Å². The average Bonchev–Trinajstić information content (AvgIpc) is 3.44. The van der Waals surface area contributed by atoms with Gasteiger partial charge in [-0.2, -0.15) is 19.6 Å². The number of furan rings is 1. The summed E-state index contributed by atoms with van der Waals surface area (Å²) in [6.07, 6.45) is 4.89. The number of aromatic nitrogens is 3. The molecule has 12 heteroatoms. The summed E-state index contributed by atoms with van der Waals surface area (Å²) in [5.74, 6) is -0.395. The summed E-state index contributed by atoms with van der Waals surface area (Å²) in [5, 5.41) is 4.48. The SMILES string of the molecule is CC(C)n1cc(-c2ccc3occc3c2)c2c(N)nc(Nc3ccc(S(C)(=O)=O)cc3F)nc21.O=C=O. The van der Waals surface area contributed by atoms with Gasteiger partial charge in [-0.3, -0.25) is 0 Å². The zero-order valence-electron chi connectivity index (χ0n) is 20.0. The number of nitrogens with two attached hydrogens (primary N) is 1. The molecule has 3 aromatic heterocycles. The van der Waals surface area contributed by atoms with E-state index in [4.69, 9.17) is 19.7 Å². The molecular weight excluding hydrogens is 501 g/mol. The molecule has 0 spiro atoms. The number of rotatable bonds is 5. The Hall–Kier alpha value is -4.54. The van der Waals surface area contributed by atoms with Crippen LogP contribution < -0.4 is 11.1 Å². The number of hydrogen-bond acceptors (Lipinski definition) is 9. The van der Waals surface area contributed by atoms with E-state index in [1.54, 1.807) is 6.26 Å². The lowest BCUT2D eigenvalue weighted by molar-refractivity contribution is -0.191. The minimum absolute atomic E-state index is 0.0411. The Labute approximate surface area is 210 Å². The van der Waals surface area contributed by atoms with Crippen LogP contribution in [0.1, 0.15) is 19.9 Å². The molecule has 2 aromatic carbocycles. The largest absolute Gasteiger partial charge is 0.464 e. The fourth-order valence-corrected chi connectivity index (χ4v) is 4.56. The number of nitrogens with one attached hydrogen (secondary N) is 1. The monoisotopic (exact) mass is 523 g/mol. The first kappa shape index (κ1) is 25.5. The maximum Gasteiger partial charge on any atom is 0.373 e. The second kappa shape index (κ2) is 9.84. The molecule has 0 aliphatic heterocycles. The minimum atomic E-state index is -3.53. The molecule has 0 amide bonds. The average molecular weight is 524 g/mol. The molecule has 10 nitrogen and oxygen atoms in total. The number of sulfone groups is 1. The number of nitrogen functional groups attached to an aromatic ring is 1. The quantitative estimate of drug-likeness (QED) is 0.334. The molecule has 0 radical (unpaired) electrons. The molecule has 3 heterocycles. The van der Waals surface area contributed by atoms with Crippen LogP contribution in [-0.2, 0) is 19.4 Å². The molecule has 190 valence electrons. The van der Waals surface area contributed by atoms with E-state index in [2.05, 4.69) is 15.3 Å². The highest BCUT2D eigenvalue weighted by Crippen LogP contribution is 2.37. The molecule has 37 heavy (non-hydrogen) atoms. The third kappa shape index (κ3) is 5.06. The van der Waals surface area contributed by atoms with Crippen molar-refractivity contribution in [1.29, 1.82) is 0 Å². The number of carbonyl (C=O) groups excluding carboxylic acids is 2. The van der Waals surface area contributed by atoms with E-state index < -0.39 is 15.7 Å². The minimum Gasteiger partial charge on any atom is -0.464 e. The zero-order chi connectivity index (χ0) is 26.9. The van der Waals surface area contributed by atoms with Gasteiger partial charge >= 0.3 is 6.15 Å². The lowest BCUT2D eigenvalue weighted by Gasteiger charge is -2.11. The van der Waals surface area contributed by atoms with E-state index in [-0.39, 0.29) is 34.5 Å². The molecule has 0 aliphatic carbocycles. The van der Waals surface area contributed by atoms with Gasteiger partial charge in [0.25, 0.3) is 0 Å². The van der Waals surface area contributed by atoms with Crippen molar-refractivity contribution in [3.8, 4) is 11.1 Å². The first-order chi connectivity index (χ1) is 17.5. The number of anilines is 3. The highest BCUT2D eigenvalue weighted by molar-refractivity contribution is 7.90. The third-order valence-corrected chi connectivity index (χ3v) is 6.75. The van der Waals surface area contributed by atoms with Gasteiger partial charge < -0.3 is 20.0 Å². The molecule has 5 rings (SSSR count). The second-order valence-electron chi connectivity index (χ2n) is 8.47. The number of nitrogens with zero attached hydrogens (tertiary/aromatic N) is 3. The number of fused-ring (bicyclic) bond motifs is 2. The van der Waals surface area contributed by atoms with Crippen LogP contribution in [0.25, 0.3) is 33.1 Å². The van der Waals surface area contributed by atoms with Gasteiger partial charge in [0.15, 0.2) is 9.84 Å². The Morgan fingerprint density at radius 2 is 1.84 bits per heavy atom. The summed E-state index contributed by atoms with van der Waals surface area (Å²) in [6, 6.07) is 11.5. The van der Waals surface area contributed by atoms with Crippen molar-refractivity contribution in [3.63, 3.8) is 0 Å². The van der Waals surface area contributed by atoms with Crippen molar-refractivity contribution >= 4 is 55.4 Å². The molecule has 0 unspecified atom stereocenters. The molecule has 5 aromatic rings. The van der Waals surface area contributed by atoms with Crippen molar-refractivity contribution in [2.45, 2.75) is 24.8 Å². The fourth-order valence-electron chi connectivity index (χ4n) is 3.93. The van der Waals surface area contributed by atoms with E-state index in [9.17, 15) is 12.8 Å². The van der Waals surface area contributed by atoms with Crippen LogP contribution in [0.3, 0.4) is 0 Å². The van der Waals surface area contributed by atoms with E-state index in [0.29, 0.717) is 11.0 Å². The molecule has 0 saturated heterocycles. The Morgan fingerprint density at radius 1 is 1.11 bits per heavy atom. The van der Waals surface area contributed by atoms with Crippen LogP contribution in [-0.4, -0.2) is 35.4 Å². The van der Waals surface area contributed by atoms with Crippen LogP contribution in [0, 0.1) is 5.82 Å². The van der Waals surface area contributed by atoms with E-state index in [1.165, 1.54) is 12.1 Å². The third-order valence-electron chi connectivity index (χ3n) is 5.63. The summed E-state index contributed by atoms with van der Waals surface area (Å²) in [7, 11) is -3.53. The summed E-state index contributed by atoms with van der Waals surface area (Å²) < 4.78 is 45.4. The maximum atomic E-state index is 14.6. The van der Waals surface area contributed by atoms with Gasteiger partial charge in [-0.05, 0) is 55.8 Å². The fraction of sp³-hybridized carbons (Fsp3) is 0.160. The van der Waals surface area contributed by atoms with Crippen LogP contribution in [0.5, 0.6) is 0 Å². The molecule has 0 atom stereocenters. The van der Waals surface area contributed by atoms with Crippen LogP contribution >= 0.6 is 0 Å². The van der Waals surface area contributed by atoms with Gasteiger partial charge in [0.1, 0.15) is 22.9 Å². The highest BCUT2D eigenvalue weighted by Gasteiger charge is 2.20. The lowest BCUT2D eigenvalue weighted by Crippen LogP contribution is -2.06. The highest BCUT2D eigenvalue weighted by atomic mass is 32.2. The van der Waals surface area contributed by atoms with Crippen molar-refractivity contribution in [1.82, 2.24) is 14.5 Å². The molecule has 0 aliphatic rings. The Kier molecular flexibility index (Phi) is 6.80. The summed E-state index contributed by atoms with van der Waals surface area (Å²) in [5.41, 5.74) is 9.62. The normalized spacial score (nSPS) is 11.4. The summed E-state index contributed by atoms with van der Waals surface area (Å²) in [6.45, 7) is 4.05. The van der Waals surface area contributed by atoms with Gasteiger partial charge in [-0.15, -0.1) is 0 Å². The zero-order valence-corrected chi connectivity index (χ0v) is 20.8. The predicted molar refractivity (Wildman–Crippen MR) is 135 cm³/mol. The van der Waals surface area contributed by atoms with Crippen molar-refractivity contribution in [2.24, 2.45) is 0 Å². The van der Waals surface area contributed by atoms with Crippen molar-refractivity contribution < 1.29 is 26.8 Å². The summed E-state index contributed by atoms with van der Waals surface area (Å²) in [4.78, 5) is 25.1. The Bertz CT molecular complexity index is 1770. The topological polar surface area (TPSA) is 150 Å². The van der Waals surface area contributed by atoms with Gasteiger partial charge in [0.05, 0.1) is 22.2 Å². The second-order valence-corrected chi connectivity index (χ2v) is 10.5. The summed E-state index contributed by atoms with van der Waals surface area (Å²) >= 11 is 0. The predicted octanol–water partition coefficient (Wildman–Crippen LogP) is 4.71. The van der Waals surface area contributed by atoms with E-state index >= 15 is 0 Å². The Morgan fingerprint density at radius 3 is 2.49 bits per heavy atom. The van der Waals surface area contributed by atoms with Gasteiger partial charge in [0, 0.05) is 29.4 Å². The van der Waals surface area contributed by atoms with E-state index in [0.717, 1.165) is 34.4 Å². The number of hydrogen-bond donors (Lipinski definition) is 2. The molecule has 3 N–H and O–H groups in total. The molecule has 0 fully saturated rings. The van der Waals surface area contributed by atoms with Crippen molar-refractivity contribution in [3.05, 3.63) is 60.7 Å². The van der Waals surface area contributed by atoms with Crippen LogP contribution in [0.15, 0.2) is 64.2 Å². The molecule has 0 saturated carbocycles. The maximum absolute atomic E-state index is 14.6.